The van der Waals surface area contributed by atoms with Crippen molar-refractivity contribution in [2.45, 2.75) is 6.54 Å². The molecule has 1 aromatic carbocycles. The van der Waals surface area contributed by atoms with E-state index in [1.54, 1.807) is 24.3 Å². The maximum absolute atomic E-state index is 11.7. The third-order valence-corrected chi connectivity index (χ3v) is 1.95. The van der Waals surface area contributed by atoms with Crippen LogP contribution in [0.4, 0.5) is 5.95 Å². The molecule has 1 heterocycles. The average molecular weight is 203 g/mol. The largest absolute Gasteiger partial charge is 0.367 e. The van der Waals surface area contributed by atoms with E-state index < -0.39 is 0 Å². The van der Waals surface area contributed by atoms with Crippen LogP contribution in [0.3, 0.4) is 0 Å². The van der Waals surface area contributed by atoms with Crippen LogP contribution in [0.2, 0.25) is 0 Å². The lowest BCUT2D eigenvalue weighted by atomic mass is 10.1. The predicted molar refractivity (Wildman–Crippen MR) is 53.0 cm³/mol. The highest BCUT2D eigenvalue weighted by molar-refractivity contribution is 5.95. The maximum atomic E-state index is 11.7. The summed E-state index contributed by atoms with van der Waals surface area (Å²) in [6.07, 6.45) is 0. The Morgan fingerprint density at radius 2 is 2.07 bits per heavy atom. The standard InChI is InChI=1S/C9H9N5O/c10-9-11-12-13-14(9)6-8(15)7-4-2-1-3-5-7/h1-5H,6H2,(H2,10,11,13). The van der Waals surface area contributed by atoms with Crippen LogP contribution >= 0.6 is 0 Å². The van der Waals surface area contributed by atoms with E-state index in [0.717, 1.165) is 0 Å². The van der Waals surface area contributed by atoms with Crippen molar-refractivity contribution < 1.29 is 4.79 Å². The first-order valence-electron chi connectivity index (χ1n) is 4.37. The number of carbonyl (C=O) groups excluding carboxylic acids is 1. The maximum Gasteiger partial charge on any atom is 0.240 e. The summed E-state index contributed by atoms with van der Waals surface area (Å²) in [5, 5.41) is 10.4. The fraction of sp³-hybridized carbons (Fsp3) is 0.111. The summed E-state index contributed by atoms with van der Waals surface area (Å²) in [4.78, 5) is 11.7. The van der Waals surface area contributed by atoms with Gasteiger partial charge in [0, 0.05) is 5.56 Å². The Labute approximate surface area is 85.7 Å². The molecule has 76 valence electrons. The zero-order chi connectivity index (χ0) is 10.7. The van der Waals surface area contributed by atoms with Crippen molar-refractivity contribution in [1.29, 1.82) is 0 Å². The van der Waals surface area contributed by atoms with E-state index in [9.17, 15) is 4.79 Å². The van der Waals surface area contributed by atoms with Gasteiger partial charge in [-0.15, -0.1) is 0 Å². The second kappa shape index (κ2) is 3.87. The van der Waals surface area contributed by atoms with Crippen molar-refractivity contribution in [2.75, 3.05) is 5.73 Å². The lowest BCUT2D eigenvalue weighted by Crippen LogP contribution is -2.14. The van der Waals surface area contributed by atoms with Crippen LogP contribution in [-0.2, 0) is 6.54 Å². The molecule has 2 N–H and O–H groups in total. The molecule has 0 saturated carbocycles. The van der Waals surface area contributed by atoms with Gasteiger partial charge < -0.3 is 5.73 Å². The normalized spacial score (nSPS) is 10.1. The van der Waals surface area contributed by atoms with Crippen molar-refractivity contribution in [3.05, 3.63) is 35.9 Å². The molecule has 15 heavy (non-hydrogen) atoms. The number of nitrogen functional groups attached to an aromatic ring is 1. The number of hydrogen-bond donors (Lipinski definition) is 1. The molecule has 6 nitrogen and oxygen atoms in total. The van der Waals surface area contributed by atoms with Crippen molar-refractivity contribution in [3.8, 4) is 0 Å². The average Bonchev–Trinajstić information content (AvgIpc) is 2.66. The van der Waals surface area contributed by atoms with E-state index in [-0.39, 0.29) is 18.3 Å². The zero-order valence-electron chi connectivity index (χ0n) is 7.87. The minimum atomic E-state index is -0.0744. The summed E-state index contributed by atoms with van der Waals surface area (Å²) in [7, 11) is 0. The number of anilines is 1. The molecule has 2 aromatic rings. The first-order valence-corrected chi connectivity index (χ1v) is 4.37. The van der Waals surface area contributed by atoms with Gasteiger partial charge in [-0.2, -0.15) is 0 Å². The summed E-state index contributed by atoms with van der Waals surface area (Å²) in [6, 6.07) is 8.93. The molecule has 0 fully saturated rings. The molecule has 0 spiro atoms. The lowest BCUT2D eigenvalue weighted by molar-refractivity contribution is 0.0967. The topological polar surface area (TPSA) is 86.7 Å². The van der Waals surface area contributed by atoms with Crippen LogP contribution in [0.25, 0.3) is 0 Å². The molecule has 0 aliphatic carbocycles. The number of aromatic nitrogens is 4. The van der Waals surface area contributed by atoms with E-state index in [4.69, 9.17) is 5.73 Å². The van der Waals surface area contributed by atoms with Gasteiger partial charge in [-0.05, 0) is 10.4 Å². The first-order chi connectivity index (χ1) is 7.27. The fourth-order valence-electron chi connectivity index (χ4n) is 1.18. The van der Waals surface area contributed by atoms with Gasteiger partial charge in [0.25, 0.3) is 0 Å². The van der Waals surface area contributed by atoms with Crippen LogP contribution in [0.1, 0.15) is 10.4 Å². The Morgan fingerprint density at radius 1 is 1.33 bits per heavy atom. The van der Waals surface area contributed by atoms with Crippen molar-refractivity contribution >= 4 is 11.7 Å². The van der Waals surface area contributed by atoms with E-state index in [0.29, 0.717) is 5.56 Å². The molecule has 0 aliphatic heterocycles. The van der Waals surface area contributed by atoms with Gasteiger partial charge in [0.2, 0.25) is 5.95 Å². The Morgan fingerprint density at radius 3 is 2.67 bits per heavy atom. The molecule has 0 amide bonds. The molecule has 0 aliphatic rings. The van der Waals surface area contributed by atoms with Crippen LogP contribution in [0.15, 0.2) is 30.3 Å². The number of ketones is 1. The third kappa shape index (κ3) is 1.98. The molecule has 0 saturated heterocycles. The van der Waals surface area contributed by atoms with Gasteiger partial charge in [-0.3, -0.25) is 4.79 Å². The number of benzene rings is 1. The number of rotatable bonds is 3. The highest BCUT2D eigenvalue weighted by Crippen LogP contribution is 2.02. The molecule has 1 aromatic heterocycles. The number of tetrazole rings is 1. The van der Waals surface area contributed by atoms with Gasteiger partial charge in [-0.25, -0.2) is 4.68 Å². The molecule has 0 bridgehead atoms. The number of nitrogens with two attached hydrogens (primary N) is 1. The van der Waals surface area contributed by atoms with Gasteiger partial charge in [0.15, 0.2) is 5.78 Å². The van der Waals surface area contributed by atoms with E-state index in [1.165, 1.54) is 4.68 Å². The fourth-order valence-corrected chi connectivity index (χ4v) is 1.18. The molecule has 0 radical (unpaired) electrons. The second-order valence-electron chi connectivity index (χ2n) is 2.98. The SMILES string of the molecule is Nc1nnnn1CC(=O)c1ccccc1. The summed E-state index contributed by atoms with van der Waals surface area (Å²) in [5.41, 5.74) is 6.06. The van der Waals surface area contributed by atoms with E-state index >= 15 is 0 Å². The smallest absolute Gasteiger partial charge is 0.240 e. The van der Waals surface area contributed by atoms with E-state index in [2.05, 4.69) is 15.5 Å². The van der Waals surface area contributed by atoms with Crippen LogP contribution < -0.4 is 5.73 Å². The minimum Gasteiger partial charge on any atom is -0.367 e. The number of nitrogens with zero attached hydrogens (tertiary/aromatic N) is 4. The van der Waals surface area contributed by atoms with Gasteiger partial charge in [0.1, 0.15) is 6.54 Å². The number of hydrogen-bond acceptors (Lipinski definition) is 5. The molecule has 0 atom stereocenters. The van der Waals surface area contributed by atoms with Gasteiger partial charge in [0.05, 0.1) is 0 Å². The Balaban J connectivity index is 2.15. The van der Waals surface area contributed by atoms with Crippen molar-refractivity contribution in [1.82, 2.24) is 20.2 Å². The molecular weight excluding hydrogens is 194 g/mol. The lowest BCUT2D eigenvalue weighted by Gasteiger charge is -2.00. The minimum absolute atomic E-state index is 0.0584. The number of Topliss-reactive ketones (excluding diaryl/α,β-unsaturated/α-hetero) is 1. The third-order valence-electron chi connectivity index (χ3n) is 1.95. The van der Waals surface area contributed by atoms with Crippen molar-refractivity contribution in [2.24, 2.45) is 0 Å². The highest BCUT2D eigenvalue weighted by Gasteiger charge is 2.09. The zero-order valence-corrected chi connectivity index (χ0v) is 7.87. The highest BCUT2D eigenvalue weighted by atomic mass is 16.1. The van der Waals surface area contributed by atoms with Crippen LogP contribution in [0.5, 0.6) is 0 Å². The molecule has 6 heteroatoms. The molecule has 2 rings (SSSR count). The predicted octanol–water partition coefficient (Wildman–Crippen LogP) is 0.138. The monoisotopic (exact) mass is 203 g/mol. The Hall–Kier alpha value is -2.24. The Bertz CT molecular complexity index is 464. The van der Waals surface area contributed by atoms with Crippen LogP contribution in [0, 0.1) is 0 Å². The van der Waals surface area contributed by atoms with Gasteiger partial charge in [-0.1, -0.05) is 35.4 Å². The quantitative estimate of drug-likeness (QED) is 0.717. The first kappa shape index (κ1) is 9.32. The molecular formula is C9H9N5O. The summed E-state index contributed by atoms with van der Waals surface area (Å²) < 4.78 is 1.26. The summed E-state index contributed by atoms with van der Waals surface area (Å²) in [5.74, 6) is 0.0638. The van der Waals surface area contributed by atoms with Gasteiger partial charge >= 0.3 is 0 Å². The number of carbonyl (C=O) groups is 1. The molecule has 0 unspecified atom stereocenters. The summed E-state index contributed by atoms with van der Waals surface area (Å²) >= 11 is 0. The second-order valence-corrected chi connectivity index (χ2v) is 2.98. The summed E-state index contributed by atoms with van der Waals surface area (Å²) in [6.45, 7) is 0.0584. The van der Waals surface area contributed by atoms with Crippen LogP contribution in [-0.4, -0.2) is 26.0 Å². The Kier molecular flexibility index (Phi) is 2.40. The van der Waals surface area contributed by atoms with E-state index in [1.807, 2.05) is 6.07 Å². The van der Waals surface area contributed by atoms with Crippen molar-refractivity contribution in [3.63, 3.8) is 0 Å².